The van der Waals surface area contributed by atoms with E-state index < -0.39 is 7.26 Å². The summed E-state index contributed by atoms with van der Waals surface area (Å²) in [5.74, 6) is 0. The SMILES string of the molecule is C[P+](c1ccccc1)(c1ccccc1)c1ccccc1-c1ccoc1.[Cl-]. The second-order valence-corrected chi connectivity index (χ2v) is 9.73. The minimum atomic E-state index is -1.75. The molecule has 4 rings (SSSR count). The van der Waals surface area contributed by atoms with E-state index in [0.29, 0.717) is 0 Å². The summed E-state index contributed by atoms with van der Waals surface area (Å²) in [6.07, 6.45) is 3.58. The molecule has 0 radical (unpaired) electrons. The van der Waals surface area contributed by atoms with E-state index in [1.165, 1.54) is 21.5 Å². The Morgan fingerprint density at radius 3 is 1.73 bits per heavy atom. The first-order chi connectivity index (χ1) is 12.3. The average molecular weight is 379 g/mol. The molecule has 1 nitrogen and oxygen atoms in total. The molecular weight excluding hydrogens is 359 g/mol. The van der Waals surface area contributed by atoms with Crippen molar-refractivity contribution in [1.29, 1.82) is 0 Å². The molecule has 1 heterocycles. The molecule has 0 saturated heterocycles. The molecule has 0 saturated carbocycles. The van der Waals surface area contributed by atoms with Crippen LogP contribution >= 0.6 is 7.26 Å². The van der Waals surface area contributed by atoms with Crippen molar-refractivity contribution in [2.24, 2.45) is 0 Å². The second kappa shape index (κ2) is 7.91. The van der Waals surface area contributed by atoms with Crippen LogP contribution in [0.2, 0.25) is 0 Å². The molecule has 0 fully saturated rings. The predicted molar refractivity (Wildman–Crippen MR) is 109 cm³/mol. The lowest BCUT2D eigenvalue weighted by Crippen LogP contribution is -3.00. The molecule has 0 aliphatic heterocycles. The molecule has 0 spiro atoms. The number of furan rings is 1. The maximum absolute atomic E-state index is 5.36. The zero-order valence-corrected chi connectivity index (χ0v) is 16.2. The third-order valence-electron chi connectivity index (χ3n) is 4.76. The predicted octanol–water partition coefficient (Wildman–Crippen LogP) is 1.87. The third kappa shape index (κ3) is 3.21. The molecule has 0 atom stereocenters. The van der Waals surface area contributed by atoms with Crippen molar-refractivity contribution in [2.45, 2.75) is 0 Å². The Labute approximate surface area is 161 Å². The van der Waals surface area contributed by atoms with E-state index in [-0.39, 0.29) is 12.4 Å². The smallest absolute Gasteiger partial charge is 0.112 e. The number of rotatable bonds is 4. The molecule has 0 aliphatic carbocycles. The molecule has 4 aromatic rings. The zero-order valence-electron chi connectivity index (χ0n) is 14.5. The summed E-state index contributed by atoms with van der Waals surface area (Å²) >= 11 is 0. The minimum Gasteiger partial charge on any atom is -1.00 e. The maximum Gasteiger partial charge on any atom is 0.112 e. The molecule has 1 aromatic heterocycles. The Balaban J connectivity index is 0.00000196. The highest BCUT2D eigenvalue weighted by Gasteiger charge is 2.41. The van der Waals surface area contributed by atoms with Gasteiger partial charge in [-0.15, -0.1) is 0 Å². The Kier molecular flexibility index (Phi) is 5.61. The van der Waals surface area contributed by atoms with Gasteiger partial charge >= 0.3 is 0 Å². The van der Waals surface area contributed by atoms with E-state index in [0.717, 1.165) is 5.56 Å². The average Bonchev–Trinajstić information content (AvgIpc) is 3.23. The van der Waals surface area contributed by atoms with Gasteiger partial charge in [0.1, 0.15) is 23.2 Å². The summed E-state index contributed by atoms with van der Waals surface area (Å²) in [6, 6.07) is 32.5. The quantitative estimate of drug-likeness (QED) is 0.494. The monoisotopic (exact) mass is 378 g/mol. The summed E-state index contributed by atoms with van der Waals surface area (Å²) in [6.45, 7) is 2.41. The van der Waals surface area contributed by atoms with Crippen LogP contribution in [0.4, 0.5) is 0 Å². The van der Waals surface area contributed by atoms with E-state index in [1.807, 2.05) is 12.3 Å². The molecule has 3 aromatic carbocycles. The van der Waals surface area contributed by atoms with Crippen LogP contribution in [0.5, 0.6) is 0 Å². The second-order valence-electron chi connectivity index (χ2n) is 6.21. The van der Waals surface area contributed by atoms with Crippen LogP contribution in [0, 0.1) is 0 Å². The first-order valence-electron chi connectivity index (χ1n) is 8.40. The highest BCUT2D eigenvalue weighted by molar-refractivity contribution is 7.95. The van der Waals surface area contributed by atoms with Crippen molar-refractivity contribution in [1.82, 2.24) is 0 Å². The molecule has 0 unspecified atom stereocenters. The fourth-order valence-corrected chi connectivity index (χ4v) is 6.87. The number of hydrogen-bond donors (Lipinski definition) is 0. The van der Waals surface area contributed by atoms with E-state index >= 15 is 0 Å². The summed E-state index contributed by atoms with van der Waals surface area (Å²) < 4.78 is 5.36. The van der Waals surface area contributed by atoms with Crippen LogP contribution in [0.15, 0.2) is 108 Å². The van der Waals surface area contributed by atoms with Gasteiger partial charge in [-0.05, 0) is 36.4 Å². The molecular formula is C23H20ClOP. The van der Waals surface area contributed by atoms with Crippen LogP contribution in [0.1, 0.15) is 0 Å². The van der Waals surface area contributed by atoms with Gasteiger partial charge in [-0.3, -0.25) is 0 Å². The number of benzene rings is 3. The van der Waals surface area contributed by atoms with Crippen LogP contribution in [0.3, 0.4) is 0 Å². The van der Waals surface area contributed by atoms with Crippen LogP contribution < -0.4 is 28.3 Å². The van der Waals surface area contributed by atoms with Gasteiger partial charge in [0.25, 0.3) is 0 Å². The number of halogens is 1. The van der Waals surface area contributed by atoms with E-state index in [2.05, 4.69) is 91.6 Å². The van der Waals surface area contributed by atoms with Crippen molar-refractivity contribution in [3.8, 4) is 11.1 Å². The number of hydrogen-bond acceptors (Lipinski definition) is 1. The van der Waals surface area contributed by atoms with Crippen molar-refractivity contribution < 1.29 is 16.8 Å². The van der Waals surface area contributed by atoms with E-state index in [9.17, 15) is 0 Å². The lowest BCUT2D eigenvalue weighted by molar-refractivity contribution is -0.00000519. The lowest BCUT2D eigenvalue weighted by Gasteiger charge is -2.25. The van der Waals surface area contributed by atoms with Gasteiger partial charge in [-0.25, -0.2) is 0 Å². The molecule has 0 amide bonds. The summed E-state index contributed by atoms with van der Waals surface area (Å²) in [4.78, 5) is 0. The molecule has 0 bridgehead atoms. The van der Waals surface area contributed by atoms with Gasteiger partial charge in [0.05, 0.1) is 19.2 Å². The third-order valence-corrected chi connectivity index (χ3v) is 8.78. The first-order valence-corrected chi connectivity index (χ1v) is 10.6. The van der Waals surface area contributed by atoms with Crippen molar-refractivity contribution >= 4 is 23.2 Å². The largest absolute Gasteiger partial charge is 1.00 e. The van der Waals surface area contributed by atoms with E-state index in [1.54, 1.807) is 6.26 Å². The fourth-order valence-electron chi connectivity index (χ4n) is 3.40. The van der Waals surface area contributed by atoms with E-state index in [4.69, 9.17) is 4.42 Å². The Morgan fingerprint density at radius 2 is 1.19 bits per heavy atom. The Bertz CT molecular complexity index is 910. The Morgan fingerprint density at radius 1 is 0.654 bits per heavy atom. The van der Waals surface area contributed by atoms with Gasteiger partial charge < -0.3 is 16.8 Å². The van der Waals surface area contributed by atoms with Crippen molar-refractivity contribution in [3.05, 3.63) is 104 Å². The standard InChI is InChI=1S/C23H20OP.ClH/c1-25(20-10-4-2-5-11-20,21-12-6-3-7-13-21)23-15-9-8-14-22(23)19-16-17-24-18-19;/h2-18H,1H3;1H/q+1;/p-1. The molecule has 0 N–H and O–H groups in total. The van der Waals surface area contributed by atoms with Gasteiger partial charge in [-0.1, -0.05) is 54.6 Å². The van der Waals surface area contributed by atoms with Crippen molar-refractivity contribution in [3.63, 3.8) is 0 Å². The Hall–Kier alpha value is -2.34. The van der Waals surface area contributed by atoms with Gasteiger partial charge in [0, 0.05) is 11.1 Å². The molecule has 26 heavy (non-hydrogen) atoms. The van der Waals surface area contributed by atoms with Crippen LogP contribution in [-0.2, 0) is 0 Å². The normalized spacial score (nSPS) is 11.0. The molecule has 0 aliphatic rings. The highest BCUT2D eigenvalue weighted by atomic mass is 35.5. The fraction of sp³-hybridized carbons (Fsp3) is 0.0435. The zero-order chi connectivity index (χ0) is 17.1. The summed E-state index contributed by atoms with van der Waals surface area (Å²) in [7, 11) is -1.75. The van der Waals surface area contributed by atoms with Crippen LogP contribution in [0.25, 0.3) is 11.1 Å². The van der Waals surface area contributed by atoms with Gasteiger partial charge in [0.2, 0.25) is 0 Å². The minimum absolute atomic E-state index is 0. The van der Waals surface area contributed by atoms with Crippen LogP contribution in [-0.4, -0.2) is 6.66 Å². The molecule has 3 heteroatoms. The lowest BCUT2D eigenvalue weighted by atomic mass is 10.1. The van der Waals surface area contributed by atoms with Crippen molar-refractivity contribution in [2.75, 3.05) is 6.66 Å². The molecule has 130 valence electrons. The summed E-state index contributed by atoms with van der Waals surface area (Å²) in [5, 5.41) is 4.16. The summed E-state index contributed by atoms with van der Waals surface area (Å²) in [5.41, 5.74) is 2.38. The highest BCUT2D eigenvalue weighted by Crippen LogP contribution is 2.53. The van der Waals surface area contributed by atoms with Gasteiger partial charge in [0.15, 0.2) is 0 Å². The van der Waals surface area contributed by atoms with Gasteiger partial charge in [-0.2, -0.15) is 0 Å². The first kappa shape index (κ1) is 18.5. The maximum atomic E-state index is 5.36. The topological polar surface area (TPSA) is 13.1 Å².